The zero-order valence-corrected chi connectivity index (χ0v) is 18.7. The Hall–Kier alpha value is -4.57. The van der Waals surface area contributed by atoms with Crippen molar-refractivity contribution >= 4 is 46.7 Å². The SMILES string of the molecule is O=C(COC(=O)c1ccc2c(c1)C(=O)N(Cc1ccccc1)C2=O)Nc1ccc([N+](=O)[O-])cc1Cl. The average molecular weight is 494 g/mol. The lowest BCUT2D eigenvalue weighted by molar-refractivity contribution is -0.384. The van der Waals surface area contributed by atoms with Gasteiger partial charge >= 0.3 is 5.97 Å². The number of nitrogens with one attached hydrogen (secondary N) is 1. The van der Waals surface area contributed by atoms with E-state index in [-0.39, 0.29) is 39.6 Å². The molecule has 4 rings (SSSR count). The third-order valence-electron chi connectivity index (χ3n) is 5.16. The van der Waals surface area contributed by atoms with Gasteiger partial charge in [0.05, 0.1) is 38.9 Å². The molecule has 176 valence electrons. The standard InChI is InChI=1S/C24H16ClN3O7/c25-19-11-16(28(33)34)7-9-20(19)26-21(29)13-35-24(32)15-6-8-17-18(10-15)23(31)27(22(17)30)12-14-4-2-1-3-5-14/h1-11H,12-13H2,(H,26,29). The lowest BCUT2D eigenvalue weighted by Gasteiger charge is -2.13. The minimum absolute atomic E-state index is 0.00682. The third-order valence-corrected chi connectivity index (χ3v) is 5.47. The summed E-state index contributed by atoms with van der Waals surface area (Å²) in [5, 5.41) is 13.1. The van der Waals surface area contributed by atoms with Crippen LogP contribution in [0.3, 0.4) is 0 Å². The summed E-state index contributed by atoms with van der Waals surface area (Å²) in [6, 6.07) is 16.5. The fourth-order valence-electron chi connectivity index (χ4n) is 3.45. The lowest BCUT2D eigenvalue weighted by atomic mass is 10.1. The number of non-ortho nitro benzene ring substituents is 1. The molecule has 0 bridgehead atoms. The minimum atomic E-state index is -0.875. The molecule has 1 heterocycles. The molecule has 0 saturated carbocycles. The molecular formula is C24H16ClN3O7. The maximum absolute atomic E-state index is 12.8. The van der Waals surface area contributed by atoms with Crippen LogP contribution in [0.2, 0.25) is 5.02 Å². The fourth-order valence-corrected chi connectivity index (χ4v) is 3.67. The first-order valence-electron chi connectivity index (χ1n) is 10.2. The van der Waals surface area contributed by atoms with Crippen molar-refractivity contribution < 1.29 is 28.8 Å². The predicted octanol–water partition coefficient (Wildman–Crippen LogP) is 3.84. The third kappa shape index (κ3) is 5.02. The van der Waals surface area contributed by atoms with Crippen LogP contribution in [0.25, 0.3) is 0 Å². The van der Waals surface area contributed by atoms with Gasteiger partial charge in [-0.3, -0.25) is 29.4 Å². The summed E-state index contributed by atoms with van der Waals surface area (Å²) in [5.41, 5.74) is 0.883. The highest BCUT2D eigenvalue weighted by Crippen LogP contribution is 2.27. The summed E-state index contributed by atoms with van der Waals surface area (Å²) in [6.45, 7) is -0.575. The van der Waals surface area contributed by atoms with Gasteiger partial charge in [-0.05, 0) is 29.8 Å². The highest BCUT2D eigenvalue weighted by atomic mass is 35.5. The molecule has 3 aromatic carbocycles. The quantitative estimate of drug-likeness (QED) is 0.228. The van der Waals surface area contributed by atoms with Gasteiger partial charge in [-0.1, -0.05) is 41.9 Å². The minimum Gasteiger partial charge on any atom is -0.452 e. The molecule has 11 heteroatoms. The smallest absolute Gasteiger partial charge is 0.338 e. The van der Waals surface area contributed by atoms with Crippen molar-refractivity contribution in [1.82, 2.24) is 4.90 Å². The van der Waals surface area contributed by atoms with E-state index in [4.69, 9.17) is 16.3 Å². The molecule has 0 saturated heterocycles. The van der Waals surface area contributed by atoms with Crippen molar-refractivity contribution in [2.45, 2.75) is 6.54 Å². The molecule has 0 aromatic heterocycles. The number of rotatable bonds is 7. The summed E-state index contributed by atoms with van der Waals surface area (Å²) in [7, 11) is 0. The number of nitro benzene ring substituents is 1. The van der Waals surface area contributed by atoms with E-state index >= 15 is 0 Å². The Labute approximate surface area is 203 Å². The number of anilines is 1. The first-order chi connectivity index (χ1) is 16.7. The normalized spacial score (nSPS) is 12.3. The number of carbonyl (C=O) groups is 4. The van der Waals surface area contributed by atoms with E-state index in [9.17, 15) is 29.3 Å². The van der Waals surface area contributed by atoms with Gasteiger partial charge in [0.2, 0.25) is 0 Å². The maximum Gasteiger partial charge on any atom is 0.338 e. The Morgan fingerprint density at radius 3 is 2.37 bits per heavy atom. The molecule has 10 nitrogen and oxygen atoms in total. The largest absolute Gasteiger partial charge is 0.452 e. The fraction of sp³-hybridized carbons (Fsp3) is 0.0833. The van der Waals surface area contributed by atoms with Gasteiger partial charge in [0, 0.05) is 12.1 Å². The molecule has 0 radical (unpaired) electrons. The Bertz CT molecular complexity index is 1370. The Kier molecular flexibility index (Phi) is 6.56. The number of hydrogen-bond donors (Lipinski definition) is 1. The van der Waals surface area contributed by atoms with Crippen LogP contribution in [0.4, 0.5) is 11.4 Å². The molecule has 0 spiro atoms. The molecule has 1 aliphatic heterocycles. The average Bonchev–Trinajstić information content (AvgIpc) is 3.08. The Balaban J connectivity index is 1.39. The van der Waals surface area contributed by atoms with Crippen molar-refractivity contribution in [1.29, 1.82) is 0 Å². The van der Waals surface area contributed by atoms with Crippen molar-refractivity contribution in [3.8, 4) is 0 Å². The monoisotopic (exact) mass is 493 g/mol. The van der Waals surface area contributed by atoms with E-state index in [0.29, 0.717) is 0 Å². The second kappa shape index (κ2) is 9.74. The number of imide groups is 1. The molecule has 3 amide bonds. The highest BCUT2D eigenvalue weighted by Gasteiger charge is 2.36. The van der Waals surface area contributed by atoms with Crippen LogP contribution in [-0.2, 0) is 16.1 Å². The van der Waals surface area contributed by atoms with Gasteiger partial charge in [0.1, 0.15) is 0 Å². The van der Waals surface area contributed by atoms with Gasteiger partial charge in [0.25, 0.3) is 23.4 Å². The van der Waals surface area contributed by atoms with E-state index in [2.05, 4.69) is 5.32 Å². The molecule has 1 aliphatic rings. The topological polar surface area (TPSA) is 136 Å². The van der Waals surface area contributed by atoms with Gasteiger partial charge in [-0.15, -0.1) is 0 Å². The molecule has 1 N–H and O–H groups in total. The molecule has 0 fully saturated rings. The number of nitro groups is 1. The lowest BCUT2D eigenvalue weighted by Crippen LogP contribution is -2.29. The number of nitrogens with zero attached hydrogens (tertiary/aromatic N) is 2. The summed E-state index contributed by atoms with van der Waals surface area (Å²) in [6.07, 6.45) is 0. The zero-order valence-electron chi connectivity index (χ0n) is 17.9. The number of fused-ring (bicyclic) bond motifs is 1. The predicted molar refractivity (Wildman–Crippen MR) is 124 cm³/mol. The molecule has 0 atom stereocenters. The van der Waals surface area contributed by atoms with E-state index in [1.165, 1.54) is 24.3 Å². The number of ether oxygens (including phenoxy) is 1. The van der Waals surface area contributed by atoms with Crippen LogP contribution >= 0.6 is 11.6 Å². The first-order valence-corrected chi connectivity index (χ1v) is 10.6. The van der Waals surface area contributed by atoms with E-state index < -0.39 is 35.2 Å². The van der Waals surface area contributed by atoms with Crippen molar-refractivity contribution in [3.63, 3.8) is 0 Å². The Morgan fingerprint density at radius 2 is 1.69 bits per heavy atom. The summed E-state index contributed by atoms with van der Waals surface area (Å²) in [5.74, 6) is -2.60. The molecule has 0 aliphatic carbocycles. The number of hydrogen-bond acceptors (Lipinski definition) is 7. The van der Waals surface area contributed by atoms with Crippen LogP contribution in [0.15, 0.2) is 66.7 Å². The zero-order chi connectivity index (χ0) is 25.1. The second-order valence-corrected chi connectivity index (χ2v) is 7.90. The molecular weight excluding hydrogens is 478 g/mol. The summed E-state index contributed by atoms with van der Waals surface area (Å²) >= 11 is 5.93. The van der Waals surface area contributed by atoms with E-state index in [0.717, 1.165) is 22.6 Å². The summed E-state index contributed by atoms with van der Waals surface area (Å²) < 4.78 is 5.00. The molecule has 3 aromatic rings. The number of halogens is 1. The van der Waals surface area contributed by atoms with Gasteiger partial charge in [-0.2, -0.15) is 0 Å². The van der Waals surface area contributed by atoms with Crippen LogP contribution in [0.1, 0.15) is 36.6 Å². The van der Waals surface area contributed by atoms with Gasteiger partial charge < -0.3 is 10.1 Å². The van der Waals surface area contributed by atoms with Gasteiger partial charge in [0.15, 0.2) is 6.61 Å². The number of amides is 3. The van der Waals surface area contributed by atoms with E-state index in [1.807, 2.05) is 6.07 Å². The van der Waals surface area contributed by atoms with Crippen molar-refractivity contribution in [3.05, 3.63) is 104 Å². The first kappa shape index (κ1) is 23.6. The van der Waals surface area contributed by atoms with Crippen molar-refractivity contribution in [2.24, 2.45) is 0 Å². The number of benzene rings is 3. The van der Waals surface area contributed by atoms with Crippen LogP contribution < -0.4 is 5.32 Å². The Morgan fingerprint density at radius 1 is 0.971 bits per heavy atom. The van der Waals surface area contributed by atoms with Crippen molar-refractivity contribution in [2.75, 3.05) is 11.9 Å². The summed E-state index contributed by atoms with van der Waals surface area (Å²) in [4.78, 5) is 61.2. The number of carbonyl (C=O) groups excluding carboxylic acids is 4. The maximum atomic E-state index is 12.8. The molecule has 0 unspecified atom stereocenters. The number of esters is 1. The molecule has 35 heavy (non-hydrogen) atoms. The highest BCUT2D eigenvalue weighted by molar-refractivity contribution is 6.34. The van der Waals surface area contributed by atoms with Crippen LogP contribution in [0, 0.1) is 10.1 Å². The van der Waals surface area contributed by atoms with E-state index in [1.54, 1.807) is 24.3 Å². The second-order valence-electron chi connectivity index (χ2n) is 7.49. The van der Waals surface area contributed by atoms with Crippen LogP contribution in [-0.4, -0.2) is 40.1 Å². The van der Waals surface area contributed by atoms with Gasteiger partial charge in [-0.25, -0.2) is 4.79 Å². The van der Waals surface area contributed by atoms with Crippen LogP contribution in [0.5, 0.6) is 0 Å².